The number of H-pyrrole nitrogens is 1. The van der Waals surface area contributed by atoms with Gasteiger partial charge in [0.15, 0.2) is 15.7 Å². The molecular weight excluding hydrogens is 461 g/mol. The van der Waals surface area contributed by atoms with Crippen LogP contribution in [0.5, 0.6) is 0 Å². The molecule has 0 saturated carbocycles. The number of sulfone groups is 1. The summed E-state index contributed by atoms with van der Waals surface area (Å²) < 4.78 is 43.3. The zero-order chi connectivity index (χ0) is 24.7. The molecule has 2 N–H and O–H groups in total. The van der Waals surface area contributed by atoms with Crippen molar-refractivity contribution in [2.45, 2.75) is 50.0 Å². The van der Waals surface area contributed by atoms with Crippen molar-refractivity contribution in [2.24, 2.45) is 0 Å². The van der Waals surface area contributed by atoms with E-state index in [9.17, 15) is 17.6 Å². The highest BCUT2D eigenvalue weighted by Crippen LogP contribution is 2.35. The van der Waals surface area contributed by atoms with E-state index in [1.807, 2.05) is 27.0 Å². The molecule has 0 aliphatic carbocycles. The first-order valence-corrected chi connectivity index (χ1v) is 12.9. The number of aromatic nitrogens is 3. The fourth-order valence-electron chi connectivity index (χ4n) is 4.02. The second-order valence-corrected chi connectivity index (χ2v) is 11.5. The van der Waals surface area contributed by atoms with E-state index >= 15 is 0 Å². The Labute approximate surface area is 197 Å². The number of piperidine rings is 1. The van der Waals surface area contributed by atoms with Crippen LogP contribution in [-0.4, -0.2) is 59.3 Å². The number of hydrogen-bond donors (Lipinski definition) is 2. The van der Waals surface area contributed by atoms with E-state index in [-0.39, 0.29) is 22.6 Å². The van der Waals surface area contributed by atoms with Gasteiger partial charge >= 0.3 is 6.09 Å². The molecule has 1 aliphatic rings. The lowest BCUT2D eigenvalue weighted by Crippen LogP contribution is -2.41. The number of nitrogens with zero attached hydrogens (tertiary/aromatic N) is 3. The Morgan fingerprint density at radius 1 is 1.24 bits per heavy atom. The van der Waals surface area contributed by atoms with E-state index in [4.69, 9.17) is 4.74 Å². The number of amides is 1. The van der Waals surface area contributed by atoms with E-state index in [0.717, 1.165) is 36.2 Å². The Balaban J connectivity index is 1.51. The first-order chi connectivity index (χ1) is 15.9. The number of aromatic amines is 1. The zero-order valence-electron chi connectivity index (χ0n) is 19.6. The molecule has 3 heterocycles. The van der Waals surface area contributed by atoms with Crippen LogP contribution in [0.4, 0.5) is 20.7 Å². The molecule has 1 amide bonds. The van der Waals surface area contributed by atoms with E-state index in [1.165, 1.54) is 18.5 Å². The molecule has 1 fully saturated rings. The summed E-state index contributed by atoms with van der Waals surface area (Å²) in [4.78, 5) is 25.8. The van der Waals surface area contributed by atoms with Crippen molar-refractivity contribution in [2.75, 3.05) is 24.7 Å². The minimum atomic E-state index is -3.51. The third kappa shape index (κ3) is 5.14. The standard InChI is InChI=1S/C23H28FN5O4S/c1-23(2,3)33-22(30)29-9-7-14(8-10-29)16-12-25-20-19(16)26-13-27-21(20)28-18-6-5-15(11-17(18)24)34(4,31)32/h5-6,11-14,25H,7-10H2,1-4H3,(H,26,27,28). The lowest BCUT2D eigenvalue weighted by Gasteiger charge is -2.33. The maximum atomic E-state index is 14.5. The van der Waals surface area contributed by atoms with Crippen LogP contribution in [0, 0.1) is 5.82 Å². The Morgan fingerprint density at radius 3 is 2.56 bits per heavy atom. The number of rotatable bonds is 4. The molecule has 11 heteroatoms. The van der Waals surface area contributed by atoms with Crippen molar-refractivity contribution in [3.05, 3.63) is 42.1 Å². The number of anilines is 2. The van der Waals surface area contributed by atoms with Gasteiger partial charge in [-0.25, -0.2) is 27.6 Å². The molecule has 0 bridgehead atoms. The minimum absolute atomic E-state index is 0.0942. The Bertz CT molecular complexity index is 1320. The third-order valence-electron chi connectivity index (χ3n) is 5.70. The predicted molar refractivity (Wildman–Crippen MR) is 126 cm³/mol. The van der Waals surface area contributed by atoms with Gasteiger partial charge in [0.1, 0.15) is 23.3 Å². The van der Waals surface area contributed by atoms with Gasteiger partial charge in [-0.15, -0.1) is 0 Å². The van der Waals surface area contributed by atoms with Crippen molar-refractivity contribution < 1.29 is 22.3 Å². The van der Waals surface area contributed by atoms with E-state index < -0.39 is 21.3 Å². The molecule has 0 atom stereocenters. The van der Waals surface area contributed by atoms with Gasteiger partial charge in [0.05, 0.1) is 16.1 Å². The fourth-order valence-corrected chi connectivity index (χ4v) is 4.65. The van der Waals surface area contributed by atoms with Crippen LogP contribution in [0.15, 0.2) is 35.6 Å². The molecule has 182 valence electrons. The second kappa shape index (κ2) is 8.86. The van der Waals surface area contributed by atoms with Gasteiger partial charge in [-0.1, -0.05) is 0 Å². The Morgan fingerprint density at radius 2 is 1.94 bits per heavy atom. The smallest absolute Gasteiger partial charge is 0.410 e. The van der Waals surface area contributed by atoms with Crippen LogP contribution in [0.2, 0.25) is 0 Å². The second-order valence-electron chi connectivity index (χ2n) is 9.47. The first kappa shape index (κ1) is 23.9. The predicted octanol–water partition coefficient (Wildman–Crippen LogP) is 4.36. The molecule has 0 unspecified atom stereocenters. The number of fused-ring (bicyclic) bond motifs is 1. The molecule has 0 radical (unpaired) electrons. The van der Waals surface area contributed by atoms with Crippen LogP contribution < -0.4 is 5.32 Å². The van der Waals surface area contributed by atoms with Crippen LogP contribution >= 0.6 is 0 Å². The lowest BCUT2D eigenvalue weighted by molar-refractivity contribution is 0.0205. The van der Waals surface area contributed by atoms with Gasteiger partial charge in [-0.05, 0) is 63.3 Å². The average Bonchev–Trinajstić information content (AvgIpc) is 3.18. The number of carbonyl (C=O) groups excluding carboxylic acids is 1. The number of halogens is 1. The summed E-state index contributed by atoms with van der Waals surface area (Å²) in [5, 5.41) is 2.93. The van der Waals surface area contributed by atoms with Crippen LogP contribution in [-0.2, 0) is 14.6 Å². The number of carbonyl (C=O) groups is 1. The molecule has 1 saturated heterocycles. The molecule has 1 aromatic carbocycles. The summed E-state index contributed by atoms with van der Waals surface area (Å²) in [5.41, 5.74) is 1.93. The first-order valence-electron chi connectivity index (χ1n) is 11.0. The summed E-state index contributed by atoms with van der Waals surface area (Å²) in [6.45, 7) is 6.71. The van der Waals surface area contributed by atoms with Crippen molar-refractivity contribution >= 4 is 38.5 Å². The molecule has 3 aromatic rings. The number of ether oxygens (including phenoxy) is 1. The van der Waals surface area contributed by atoms with Crippen molar-refractivity contribution in [1.82, 2.24) is 19.9 Å². The summed E-state index contributed by atoms with van der Waals surface area (Å²) >= 11 is 0. The molecule has 2 aromatic heterocycles. The third-order valence-corrected chi connectivity index (χ3v) is 6.81. The largest absolute Gasteiger partial charge is 0.444 e. The fraction of sp³-hybridized carbons (Fsp3) is 0.435. The van der Waals surface area contributed by atoms with E-state index in [2.05, 4.69) is 20.3 Å². The van der Waals surface area contributed by atoms with Gasteiger partial charge in [0.25, 0.3) is 0 Å². The molecule has 4 rings (SSSR count). The SMILES string of the molecule is CC(C)(C)OC(=O)N1CCC(c2c[nH]c3c(Nc4ccc(S(C)(=O)=O)cc4F)ncnc23)CC1. The zero-order valence-corrected chi connectivity index (χ0v) is 20.4. The maximum Gasteiger partial charge on any atom is 0.410 e. The summed E-state index contributed by atoms with van der Waals surface area (Å²) in [5.74, 6) is -0.120. The van der Waals surface area contributed by atoms with E-state index in [1.54, 1.807) is 4.90 Å². The molecule has 9 nitrogen and oxygen atoms in total. The molecular formula is C23H28FN5O4S. The highest BCUT2D eigenvalue weighted by Gasteiger charge is 2.29. The number of likely N-dealkylation sites (tertiary alicyclic amines) is 1. The Hall–Kier alpha value is -3.21. The van der Waals surface area contributed by atoms with Gasteiger partial charge in [-0.2, -0.15) is 0 Å². The monoisotopic (exact) mass is 489 g/mol. The number of nitrogens with one attached hydrogen (secondary N) is 2. The van der Waals surface area contributed by atoms with Gasteiger partial charge < -0.3 is 19.9 Å². The highest BCUT2D eigenvalue weighted by molar-refractivity contribution is 7.90. The average molecular weight is 490 g/mol. The molecule has 1 aliphatic heterocycles. The number of benzene rings is 1. The quantitative estimate of drug-likeness (QED) is 0.559. The highest BCUT2D eigenvalue weighted by atomic mass is 32.2. The van der Waals surface area contributed by atoms with Crippen molar-refractivity contribution in [1.29, 1.82) is 0 Å². The topological polar surface area (TPSA) is 117 Å². The van der Waals surface area contributed by atoms with Crippen molar-refractivity contribution in [3.63, 3.8) is 0 Å². The minimum Gasteiger partial charge on any atom is -0.444 e. The summed E-state index contributed by atoms with van der Waals surface area (Å²) in [6.07, 6.45) is 5.53. The van der Waals surface area contributed by atoms with Crippen LogP contribution in [0.3, 0.4) is 0 Å². The van der Waals surface area contributed by atoms with Gasteiger partial charge in [0, 0.05) is 25.5 Å². The summed E-state index contributed by atoms with van der Waals surface area (Å²) in [6, 6.07) is 3.70. The summed E-state index contributed by atoms with van der Waals surface area (Å²) in [7, 11) is -3.51. The maximum absolute atomic E-state index is 14.5. The van der Waals surface area contributed by atoms with E-state index in [0.29, 0.717) is 24.4 Å². The molecule has 0 spiro atoms. The van der Waals surface area contributed by atoms with Crippen LogP contribution in [0.1, 0.15) is 45.1 Å². The number of hydrogen-bond acceptors (Lipinski definition) is 7. The normalized spacial score (nSPS) is 15.5. The van der Waals surface area contributed by atoms with Gasteiger partial charge in [0.2, 0.25) is 0 Å². The Kier molecular flexibility index (Phi) is 6.24. The van der Waals surface area contributed by atoms with Crippen LogP contribution in [0.25, 0.3) is 11.0 Å². The lowest BCUT2D eigenvalue weighted by atomic mass is 9.90. The van der Waals surface area contributed by atoms with Gasteiger partial charge in [-0.3, -0.25) is 0 Å². The molecule has 34 heavy (non-hydrogen) atoms. The van der Waals surface area contributed by atoms with Crippen molar-refractivity contribution in [3.8, 4) is 0 Å².